The van der Waals surface area contributed by atoms with E-state index in [4.69, 9.17) is 0 Å². The van der Waals surface area contributed by atoms with Crippen LogP contribution in [0.25, 0.3) is 6.08 Å². The number of aliphatic imine (C=N–C) groups is 1. The van der Waals surface area contributed by atoms with Crippen molar-refractivity contribution in [2.75, 3.05) is 13.1 Å². The van der Waals surface area contributed by atoms with E-state index in [0.717, 1.165) is 25.3 Å². The second-order valence-electron chi connectivity index (χ2n) is 3.29. The van der Waals surface area contributed by atoms with Crippen LogP contribution >= 0.6 is 0 Å². The van der Waals surface area contributed by atoms with Crippen LogP contribution in [0, 0.1) is 0 Å². The third kappa shape index (κ3) is 2.46. The van der Waals surface area contributed by atoms with E-state index in [1.54, 1.807) is 0 Å². The third-order valence-electron chi connectivity index (χ3n) is 2.16. The van der Waals surface area contributed by atoms with Gasteiger partial charge in [-0.1, -0.05) is 36.4 Å². The summed E-state index contributed by atoms with van der Waals surface area (Å²) in [7, 11) is 0. The van der Waals surface area contributed by atoms with Crippen LogP contribution in [-0.2, 0) is 0 Å². The van der Waals surface area contributed by atoms with Gasteiger partial charge in [-0.15, -0.1) is 0 Å². The molecule has 2 rings (SSSR count). The second kappa shape index (κ2) is 4.61. The van der Waals surface area contributed by atoms with Crippen LogP contribution in [0.5, 0.6) is 0 Å². The van der Waals surface area contributed by atoms with Crippen molar-refractivity contribution in [3.8, 4) is 0 Å². The van der Waals surface area contributed by atoms with Crippen molar-refractivity contribution in [3.05, 3.63) is 42.0 Å². The molecule has 1 aromatic carbocycles. The number of nitrogens with zero attached hydrogens (tertiary/aromatic N) is 1. The molecular formula is C12H14N2. The fourth-order valence-electron chi connectivity index (χ4n) is 1.40. The first-order valence-corrected chi connectivity index (χ1v) is 4.96. The molecule has 14 heavy (non-hydrogen) atoms. The highest BCUT2D eigenvalue weighted by Gasteiger charge is 1.98. The normalized spacial score (nSPS) is 16.4. The van der Waals surface area contributed by atoms with Crippen LogP contribution < -0.4 is 5.32 Å². The van der Waals surface area contributed by atoms with Crippen molar-refractivity contribution in [1.82, 2.24) is 5.32 Å². The van der Waals surface area contributed by atoms with E-state index < -0.39 is 0 Å². The van der Waals surface area contributed by atoms with Crippen molar-refractivity contribution in [1.29, 1.82) is 0 Å². The van der Waals surface area contributed by atoms with E-state index in [1.807, 2.05) is 24.3 Å². The SMILES string of the molecule is C(=C\c1ccccc1)/C1=NCCCN1. The van der Waals surface area contributed by atoms with Gasteiger partial charge in [0.1, 0.15) is 5.84 Å². The van der Waals surface area contributed by atoms with Gasteiger partial charge >= 0.3 is 0 Å². The highest BCUT2D eigenvalue weighted by molar-refractivity contribution is 5.96. The van der Waals surface area contributed by atoms with Crippen molar-refractivity contribution in [2.45, 2.75) is 6.42 Å². The summed E-state index contributed by atoms with van der Waals surface area (Å²) in [6.45, 7) is 1.99. The molecule has 1 aliphatic rings. The first-order chi connectivity index (χ1) is 6.95. The first kappa shape index (κ1) is 9.00. The number of benzene rings is 1. The van der Waals surface area contributed by atoms with Gasteiger partial charge in [-0.3, -0.25) is 4.99 Å². The lowest BCUT2D eigenvalue weighted by Crippen LogP contribution is -2.27. The largest absolute Gasteiger partial charge is 0.370 e. The summed E-state index contributed by atoms with van der Waals surface area (Å²) in [5, 5.41) is 3.25. The number of rotatable bonds is 2. The number of amidine groups is 1. The Morgan fingerprint density at radius 1 is 1.14 bits per heavy atom. The molecule has 0 saturated heterocycles. The van der Waals surface area contributed by atoms with Crippen molar-refractivity contribution in [3.63, 3.8) is 0 Å². The summed E-state index contributed by atoms with van der Waals surface area (Å²) in [5.74, 6) is 1.00. The minimum atomic E-state index is 0.946. The standard InChI is InChI=1S/C12H14N2/c1-2-5-11(6-3-1)7-8-12-13-9-4-10-14-12/h1-3,5-8H,4,9-10H2,(H,13,14)/b8-7+. The van der Waals surface area contributed by atoms with Crippen molar-refractivity contribution < 1.29 is 0 Å². The molecule has 1 N–H and O–H groups in total. The van der Waals surface area contributed by atoms with Crippen LogP contribution in [0.3, 0.4) is 0 Å². The summed E-state index contributed by atoms with van der Waals surface area (Å²) in [6.07, 6.45) is 5.26. The Morgan fingerprint density at radius 2 is 2.00 bits per heavy atom. The van der Waals surface area contributed by atoms with Gasteiger partial charge in [0, 0.05) is 13.1 Å². The minimum Gasteiger partial charge on any atom is -0.370 e. The van der Waals surface area contributed by atoms with Crippen LogP contribution in [-0.4, -0.2) is 18.9 Å². The maximum Gasteiger partial charge on any atom is 0.120 e. The predicted octanol–water partition coefficient (Wildman–Crippen LogP) is 2.09. The lowest BCUT2D eigenvalue weighted by molar-refractivity contribution is 0.745. The van der Waals surface area contributed by atoms with Crippen LogP contribution in [0.1, 0.15) is 12.0 Å². The lowest BCUT2D eigenvalue weighted by Gasteiger charge is -2.10. The average molecular weight is 186 g/mol. The van der Waals surface area contributed by atoms with E-state index in [2.05, 4.69) is 28.5 Å². The average Bonchev–Trinajstić information content (AvgIpc) is 2.29. The second-order valence-corrected chi connectivity index (χ2v) is 3.29. The minimum absolute atomic E-state index is 0.946. The Bertz CT molecular complexity index is 339. The quantitative estimate of drug-likeness (QED) is 0.751. The molecule has 0 unspecified atom stereocenters. The predicted molar refractivity (Wildman–Crippen MR) is 60.4 cm³/mol. The van der Waals surface area contributed by atoms with Gasteiger partial charge in [0.15, 0.2) is 0 Å². The van der Waals surface area contributed by atoms with Gasteiger partial charge in [-0.05, 0) is 18.1 Å². The fraction of sp³-hybridized carbons (Fsp3) is 0.250. The molecule has 2 nitrogen and oxygen atoms in total. The summed E-state index contributed by atoms with van der Waals surface area (Å²) in [5.41, 5.74) is 1.21. The molecule has 0 aliphatic carbocycles. The van der Waals surface area contributed by atoms with E-state index in [9.17, 15) is 0 Å². The number of nitrogens with one attached hydrogen (secondary N) is 1. The molecule has 0 spiro atoms. The van der Waals surface area contributed by atoms with Crippen LogP contribution in [0.4, 0.5) is 0 Å². The zero-order valence-electron chi connectivity index (χ0n) is 8.11. The van der Waals surface area contributed by atoms with Gasteiger partial charge in [0.2, 0.25) is 0 Å². The lowest BCUT2D eigenvalue weighted by atomic mass is 10.2. The topological polar surface area (TPSA) is 24.4 Å². The van der Waals surface area contributed by atoms with Crippen LogP contribution in [0.15, 0.2) is 41.4 Å². The van der Waals surface area contributed by atoms with Gasteiger partial charge in [0.25, 0.3) is 0 Å². The Labute approximate surface area is 84.4 Å². The Kier molecular flexibility index (Phi) is 2.96. The summed E-state index contributed by atoms with van der Waals surface area (Å²) < 4.78 is 0. The maximum atomic E-state index is 4.36. The molecule has 72 valence electrons. The smallest absolute Gasteiger partial charge is 0.120 e. The zero-order valence-corrected chi connectivity index (χ0v) is 8.11. The maximum absolute atomic E-state index is 4.36. The monoisotopic (exact) mass is 186 g/mol. The third-order valence-corrected chi connectivity index (χ3v) is 2.16. The number of hydrogen-bond donors (Lipinski definition) is 1. The fourth-order valence-corrected chi connectivity index (χ4v) is 1.40. The Hall–Kier alpha value is -1.57. The van der Waals surface area contributed by atoms with E-state index in [0.29, 0.717) is 0 Å². The molecule has 0 aromatic heterocycles. The molecule has 0 fully saturated rings. The molecule has 1 aromatic rings. The van der Waals surface area contributed by atoms with Crippen molar-refractivity contribution in [2.24, 2.45) is 4.99 Å². The Balaban J connectivity index is 2.03. The first-order valence-electron chi connectivity index (χ1n) is 4.96. The molecule has 0 radical (unpaired) electrons. The summed E-state index contributed by atoms with van der Waals surface area (Å²) in [6, 6.07) is 10.3. The molecule has 0 atom stereocenters. The molecular weight excluding hydrogens is 172 g/mol. The molecule has 0 amide bonds. The van der Waals surface area contributed by atoms with E-state index in [-0.39, 0.29) is 0 Å². The van der Waals surface area contributed by atoms with Gasteiger partial charge < -0.3 is 5.32 Å². The highest BCUT2D eigenvalue weighted by atomic mass is 15.0. The van der Waals surface area contributed by atoms with E-state index in [1.165, 1.54) is 5.56 Å². The zero-order chi connectivity index (χ0) is 9.64. The molecule has 2 heteroatoms. The Morgan fingerprint density at radius 3 is 2.71 bits per heavy atom. The van der Waals surface area contributed by atoms with E-state index >= 15 is 0 Å². The molecule has 1 heterocycles. The number of hydrogen-bond acceptors (Lipinski definition) is 2. The van der Waals surface area contributed by atoms with Crippen LogP contribution in [0.2, 0.25) is 0 Å². The van der Waals surface area contributed by atoms with Crippen molar-refractivity contribution >= 4 is 11.9 Å². The summed E-state index contributed by atoms with van der Waals surface area (Å²) >= 11 is 0. The molecule has 1 aliphatic heterocycles. The van der Waals surface area contributed by atoms with Gasteiger partial charge in [-0.2, -0.15) is 0 Å². The molecule has 0 bridgehead atoms. The van der Waals surface area contributed by atoms with Gasteiger partial charge in [0.05, 0.1) is 0 Å². The highest BCUT2D eigenvalue weighted by Crippen LogP contribution is 2.01. The summed E-state index contributed by atoms with van der Waals surface area (Å²) in [4.78, 5) is 4.36. The molecule has 0 saturated carbocycles. The van der Waals surface area contributed by atoms with Gasteiger partial charge in [-0.25, -0.2) is 0 Å².